The lowest BCUT2D eigenvalue weighted by Crippen LogP contribution is -2.37. The van der Waals surface area contributed by atoms with Crippen LogP contribution in [0.4, 0.5) is 0 Å². The number of benzene rings is 2. The summed E-state index contributed by atoms with van der Waals surface area (Å²) in [6.45, 7) is 1.19. The van der Waals surface area contributed by atoms with Crippen molar-refractivity contribution in [3.63, 3.8) is 0 Å². The first-order valence-electron chi connectivity index (χ1n) is 10.5. The Hall–Kier alpha value is -2.13. The fraction of sp³-hybridized carbons (Fsp3) is 0.455. The predicted molar refractivity (Wildman–Crippen MR) is 122 cm³/mol. The van der Waals surface area contributed by atoms with E-state index in [0.29, 0.717) is 17.6 Å². The van der Waals surface area contributed by atoms with E-state index in [2.05, 4.69) is 10.3 Å². The fourth-order valence-electron chi connectivity index (χ4n) is 2.91. The molecule has 2 aromatic carbocycles. The molecule has 0 bridgehead atoms. The van der Waals surface area contributed by atoms with E-state index in [4.69, 9.17) is 14.0 Å². The van der Waals surface area contributed by atoms with Crippen molar-refractivity contribution < 1.29 is 27.9 Å². The van der Waals surface area contributed by atoms with Gasteiger partial charge in [0.25, 0.3) is 0 Å². The van der Waals surface area contributed by atoms with E-state index >= 15 is 0 Å². The van der Waals surface area contributed by atoms with Gasteiger partial charge >= 0.3 is 7.60 Å². The van der Waals surface area contributed by atoms with E-state index in [-0.39, 0.29) is 26.1 Å². The van der Waals surface area contributed by atoms with Crippen molar-refractivity contribution in [1.29, 1.82) is 0 Å². The molecule has 0 fully saturated rings. The molecule has 9 nitrogen and oxygen atoms in total. The van der Waals surface area contributed by atoms with E-state index in [1.165, 1.54) is 0 Å². The summed E-state index contributed by atoms with van der Waals surface area (Å²) in [7, 11) is 2.17. The molecule has 10 heteroatoms. The van der Waals surface area contributed by atoms with Crippen LogP contribution in [0.15, 0.2) is 54.6 Å². The molecule has 174 valence electrons. The quantitative estimate of drug-likeness (QED) is 0.308. The molecule has 1 heterocycles. The molecular weight excluding hydrogens is 431 g/mol. The van der Waals surface area contributed by atoms with Crippen LogP contribution in [0.5, 0.6) is 0 Å². The summed E-state index contributed by atoms with van der Waals surface area (Å²) in [5.41, 5.74) is 2.65. The lowest BCUT2D eigenvalue weighted by Gasteiger charge is -2.25. The van der Waals surface area contributed by atoms with E-state index in [0.717, 1.165) is 16.6 Å². The third kappa shape index (κ3) is 8.09. The largest absolute Gasteiger partial charge is 0.369 e. The molecule has 0 saturated heterocycles. The standard InChI is InChI=1S/C22H31N4O5P/c1-26(2,3)13-14-32(27,28)31-17-20(30-15-19-9-5-4-6-10-19)16-29-18-25-22-12-8-7-11-21(22)23-24-25/h4-12,20H,13-18H2,1-3H3/p+1. The van der Waals surface area contributed by atoms with E-state index in [1.54, 1.807) is 4.68 Å². The van der Waals surface area contributed by atoms with Crippen LogP contribution in [-0.4, -0.2) is 77.5 Å². The highest BCUT2D eigenvalue weighted by atomic mass is 31.2. The Morgan fingerprint density at radius 3 is 2.53 bits per heavy atom. The van der Waals surface area contributed by atoms with Crippen LogP contribution in [0.2, 0.25) is 0 Å². The minimum absolute atomic E-state index is 0.0458. The molecule has 3 aromatic rings. The zero-order valence-electron chi connectivity index (χ0n) is 18.8. The van der Waals surface area contributed by atoms with Crippen molar-refractivity contribution >= 4 is 18.6 Å². The Morgan fingerprint density at radius 2 is 1.78 bits per heavy atom. The van der Waals surface area contributed by atoms with Crippen LogP contribution < -0.4 is 0 Å². The van der Waals surface area contributed by atoms with Gasteiger partial charge in [-0.1, -0.05) is 47.7 Å². The van der Waals surface area contributed by atoms with Crippen molar-refractivity contribution in [3.8, 4) is 0 Å². The number of para-hydroxylation sites is 1. The molecule has 0 spiro atoms. The molecule has 0 aliphatic heterocycles. The number of hydrogen-bond donors (Lipinski definition) is 1. The van der Waals surface area contributed by atoms with Gasteiger partial charge in [0.15, 0.2) is 0 Å². The Labute approximate surface area is 188 Å². The third-order valence-corrected chi connectivity index (χ3v) is 6.10. The first-order valence-corrected chi connectivity index (χ1v) is 12.3. The molecule has 2 unspecified atom stereocenters. The maximum Gasteiger partial charge on any atom is 0.333 e. The topological polar surface area (TPSA) is 95.7 Å². The van der Waals surface area contributed by atoms with Crippen molar-refractivity contribution in [2.24, 2.45) is 0 Å². The van der Waals surface area contributed by atoms with E-state index in [1.807, 2.05) is 75.7 Å². The summed E-state index contributed by atoms with van der Waals surface area (Å²) >= 11 is 0. The normalized spacial score (nSPS) is 15.0. The van der Waals surface area contributed by atoms with E-state index < -0.39 is 13.7 Å². The predicted octanol–water partition coefficient (Wildman–Crippen LogP) is 2.90. The molecule has 0 aliphatic carbocycles. The highest BCUT2D eigenvalue weighted by Gasteiger charge is 2.25. The molecular formula is C22H32N4O5P+. The Bertz CT molecular complexity index is 1020. The van der Waals surface area contributed by atoms with Crippen molar-refractivity contribution in [1.82, 2.24) is 15.0 Å². The monoisotopic (exact) mass is 463 g/mol. The van der Waals surface area contributed by atoms with E-state index in [9.17, 15) is 9.46 Å². The van der Waals surface area contributed by atoms with Gasteiger partial charge in [-0.15, -0.1) is 5.10 Å². The number of rotatable bonds is 13. The van der Waals surface area contributed by atoms with Crippen LogP contribution in [0.3, 0.4) is 0 Å². The number of quaternary nitrogens is 1. The second kappa shape index (κ2) is 11.1. The minimum Gasteiger partial charge on any atom is -0.369 e. The molecule has 1 N–H and O–H groups in total. The third-order valence-electron chi connectivity index (χ3n) is 4.78. The molecule has 3 rings (SSSR count). The zero-order chi connectivity index (χ0) is 23.0. The zero-order valence-corrected chi connectivity index (χ0v) is 19.7. The van der Waals surface area contributed by atoms with Gasteiger partial charge in [0, 0.05) is 0 Å². The van der Waals surface area contributed by atoms with Gasteiger partial charge in [-0.05, 0) is 17.7 Å². The number of nitrogens with zero attached hydrogens (tertiary/aromatic N) is 4. The first-order chi connectivity index (χ1) is 15.2. The van der Waals surface area contributed by atoms with Crippen molar-refractivity contribution in [2.75, 3.05) is 47.1 Å². The van der Waals surface area contributed by atoms with Crippen LogP contribution in [0.25, 0.3) is 11.0 Å². The lowest BCUT2D eigenvalue weighted by molar-refractivity contribution is -0.867. The van der Waals surface area contributed by atoms with Gasteiger partial charge in [0.05, 0.1) is 59.2 Å². The van der Waals surface area contributed by atoms with Gasteiger partial charge in [-0.3, -0.25) is 4.57 Å². The summed E-state index contributed by atoms with van der Waals surface area (Å²) in [6.07, 6.45) is -0.442. The van der Waals surface area contributed by atoms with Crippen LogP contribution in [0, 0.1) is 0 Å². The molecule has 0 amide bonds. The fourth-order valence-corrected chi connectivity index (χ4v) is 4.29. The van der Waals surface area contributed by atoms with Crippen LogP contribution in [-0.2, 0) is 31.9 Å². The second-order valence-electron chi connectivity index (χ2n) is 8.67. The summed E-state index contributed by atoms with van der Waals surface area (Å²) < 4.78 is 31.8. The average Bonchev–Trinajstić information content (AvgIpc) is 3.17. The highest BCUT2D eigenvalue weighted by Crippen LogP contribution is 2.42. The van der Waals surface area contributed by atoms with Gasteiger partial charge in [0.1, 0.15) is 18.4 Å². The number of hydrogen-bond acceptors (Lipinski definition) is 6. The molecule has 32 heavy (non-hydrogen) atoms. The second-order valence-corrected chi connectivity index (χ2v) is 10.6. The smallest absolute Gasteiger partial charge is 0.333 e. The molecule has 1 aromatic heterocycles. The summed E-state index contributed by atoms with van der Waals surface area (Å²) in [4.78, 5) is 10.2. The molecule has 2 atom stereocenters. The van der Waals surface area contributed by atoms with Gasteiger partial charge < -0.3 is 23.4 Å². The van der Waals surface area contributed by atoms with Crippen molar-refractivity contribution in [3.05, 3.63) is 60.2 Å². The maximum atomic E-state index is 12.5. The Kier molecular flexibility index (Phi) is 8.53. The molecule has 0 saturated carbocycles. The Morgan fingerprint density at radius 1 is 1.06 bits per heavy atom. The number of fused-ring (bicyclic) bond motifs is 1. The number of ether oxygens (including phenoxy) is 2. The Balaban J connectivity index is 1.56. The first kappa shape index (κ1) is 24.5. The lowest BCUT2D eigenvalue weighted by atomic mass is 10.2. The molecule has 0 radical (unpaired) electrons. The number of aromatic nitrogens is 3. The van der Waals surface area contributed by atoms with Crippen molar-refractivity contribution in [2.45, 2.75) is 19.4 Å². The summed E-state index contributed by atoms with van der Waals surface area (Å²) in [5.74, 6) is 0. The maximum absolute atomic E-state index is 12.5. The van der Waals surface area contributed by atoms with Gasteiger partial charge in [-0.25, -0.2) is 4.68 Å². The minimum atomic E-state index is -3.73. The summed E-state index contributed by atoms with van der Waals surface area (Å²) in [6, 6.07) is 17.3. The van der Waals surface area contributed by atoms with Gasteiger partial charge in [0.2, 0.25) is 0 Å². The molecule has 0 aliphatic rings. The highest BCUT2D eigenvalue weighted by molar-refractivity contribution is 7.52. The SMILES string of the molecule is C[N+](C)(C)CCP(=O)(O)OCC(COCn1nnc2ccccc21)OCc1ccccc1. The van der Waals surface area contributed by atoms with Crippen LogP contribution >= 0.6 is 7.60 Å². The van der Waals surface area contributed by atoms with Gasteiger partial charge in [-0.2, -0.15) is 0 Å². The summed E-state index contributed by atoms with van der Waals surface area (Å²) in [5, 5.41) is 8.21. The average molecular weight is 463 g/mol. The van der Waals surface area contributed by atoms with Crippen LogP contribution in [0.1, 0.15) is 5.56 Å².